The van der Waals surface area contributed by atoms with Gasteiger partial charge in [0, 0.05) is 11.1 Å². The maximum absolute atomic E-state index is 10.5. The van der Waals surface area contributed by atoms with E-state index in [2.05, 4.69) is 26.7 Å². The van der Waals surface area contributed by atoms with Crippen molar-refractivity contribution in [3.8, 4) is 12.3 Å². The molecule has 0 heterocycles. The van der Waals surface area contributed by atoms with Crippen molar-refractivity contribution >= 4 is 0 Å². The highest BCUT2D eigenvalue weighted by atomic mass is 16.3. The van der Waals surface area contributed by atoms with Gasteiger partial charge in [-0.3, -0.25) is 0 Å². The van der Waals surface area contributed by atoms with Gasteiger partial charge in [-0.25, -0.2) is 0 Å². The van der Waals surface area contributed by atoms with Crippen LogP contribution >= 0.6 is 0 Å². The zero-order valence-corrected chi connectivity index (χ0v) is 12.2. The first kappa shape index (κ1) is 14.4. The van der Waals surface area contributed by atoms with Crippen LogP contribution in [0.2, 0.25) is 0 Å². The Hall–Kier alpha value is -2.04. The maximum Gasteiger partial charge on any atom is 0.105 e. The van der Waals surface area contributed by atoms with Gasteiger partial charge in [0.2, 0.25) is 0 Å². The lowest BCUT2D eigenvalue weighted by Gasteiger charge is -2.21. The SMILES string of the molecule is C#Cc1cc(C(C)(C)C)ccc1C(O)c1ccccc1. The number of hydrogen-bond acceptors (Lipinski definition) is 1. The fourth-order valence-corrected chi connectivity index (χ4v) is 2.20. The Morgan fingerprint density at radius 3 is 2.25 bits per heavy atom. The van der Waals surface area contributed by atoms with Crippen molar-refractivity contribution in [3.63, 3.8) is 0 Å². The summed E-state index contributed by atoms with van der Waals surface area (Å²) in [6.07, 6.45) is 4.93. The number of hydrogen-bond donors (Lipinski definition) is 1. The molecule has 0 amide bonds. The second kappa shape index (κ2) is 5.53. The summed E-state index contributed by atoms with van der Waals surface area (Å²) in [7, 11) is 0. The van der Waals surface area contributed by atoms with E-state index in [1.807, 2.05) is 48.5 Å². The highest BCUT2D eigenvalue weighted by molar-refractivity contribution is 5.47. The number of aliphatic hydroxyl groups is 1. The molecule has 102 valence electrons. The Bertz CT molecular complexity index is 627. The zero-order chi connectivity index (χ0) is 14.8. The van der Waals surface area contributed by atoms with Gasteiger partial charge in [-0.1, -0.05) is 69.2 Å². The molecule has 1 unspecified atom stereocenters. The van der Waals surface area contributed by atoms with E-state index in [1.54, 1.807) is 0 Å². The van der Waals surface area contributed by atoms with Crippen molar-refractivity contribution in [2.24, 2.45) is 0 Å². The Balaban J connectivity index is 2.46. The highest BCUT2D eigenvalue weighted by Gasteiger charge is 2.18. The third-order valence-corrected chi connectivity index (χ3v) is 3.48. The van der Waals surface area contributed by atoms with Crippen LogP contribution in [-0.2, 0) is 5.41 Å². The molecular weight excluding hydrogens is 244 g/mol. The van der Waals surface area contributed by atoms with E-state index in [-0.39, 0.29) is 5.41 Å². The largest absolute Gasteiger partial charge is 0.384 e. The predicted octanol–water partition coefficient (Wildman–Crippen LogP) is 4.05. The maximum atomic E-state index is 10.5. The molecule has 0 aliphatic rings. The molecule has 20 heavy (non-hydrogen) atoms. The molecule has 1 heteroatoms. The molecule has 0 fully saturated rings. The molecule has 2 aromatic carbocycles. The van der Waals surface area contributed by atoms with E-state index in [0.717, 1.165) is 16.7 Å². The van der Waals surface area contributed by atoms with Gasteiger partial charge in [0.05, 0.1) is 0 Å². The van der Waals surface area contributed by atoms with E-state index >= 15 is 0 Å². The molecule has 0 spiro atoms. The van der Waals surface area contributed by atoms with E-state index in [0.29, 0.717) is 0 Å². The van der Waals surface area contributed by atoms with Crippen molar-refractivity contribution in [3.05, 3.63) is 70.8 Å². The summed E-state index contributed by atoms with van der Waals surface area (Å²) in [6.45, 7) is 6.45. The van der Waals surface area contributed by atoms with Crippen LogP contribution in [0.5, 0.6) is 0 Å². The average molecular weight is 264 g/mol. The Morgan fingerprint density at radius 1 is 1.05 bits per heavy atom. The quantitative estimate of drug-likeness (QED) is 0.811. The van der Waals surface area contributed by atoms with Crippen LogP contribution in [-0.4, -0.2) is 5.11 Å². The topological polar surface area (TPSA) is 20.2 Å². The molecule has 0 bridgehead atoms. The number of aliphatic hydroxyl groups excluding tert-OH is 1. The molecule has 0 radical (unpaired) electrons. The fraction of sp³-hybridized carbons (Fsp3) is 0.263. The van der Waals surface area contributed by atoms with Gasteiger partial charge in [-0.2, -0.15) is 0 Å². The number of rotatable bonds is 2. The molecule has 0 aliphatic heterocycles. The van der Waals surface area contributed by atoms with Gasteiger partial charge in [0.25, 0.3) is 0 Å². The summed E-state index contributed by atoms with van der Waals surface area (Å²) < 4.78 is 0. The van der Waals surface area contributed by atoms with Crippen molar-refractivity contribution in [2.75, 3.05) is 0 Å². The van der Waals surface area contributed by atoms with Gasteiger partial charge >= 0.3 is 0 Å². The van der Waals surface area contributed by atoms with Crippen LogP contribution in [0.25, 0.3) is 0 Å². The third kappa shape index (κ3) is 2.92. The lowest BCUT2D eigenvalue weighted by Crippen LogP contribution is -2.12. The van der Waals surface area contributed by atoms with Gasteiger partial charge in [0.1, 0.15) is 6.10 Å². The summed E-state index contributed by atoms with van der Waals surface area (Å²) in [5.41, 5.74) is 3.62. The normalized spacial score (nSPS) is 12.8. The van der Waals surface area contributed by atoms with Crippen LogP contribution in [0, 0.1) is 12.3 Å². The third-order valence-electron chi connectivity index (χ3n) is 3.48. The smallest absolute Gasteiger partial charge is 0.105 e. The number of terminal acetylenes is 1. The van der Waals surface area contributed by atoms with Crippen LogP contribution in [0.1, 0.15) is 49.1 Å². The molecular formula is C19H20O. The molecule has 1 N–H and O–H groups in total. The monoisotopic (exact) mass is 264 g/mol. The predicted molar refractivity (Wildman–Crippen MR) is 83.6 cm³/mol. The minimum absolute atomic E-state index is 0.0435. The highest BCUT2D eigenvalue weighted by Crippen LogP contribution is 2.29. The average Bonchev–Trinajstić information content (AvgIpc) is 2.45. The van der Waals surface area contributed by atoms with Gasteiger partial charge in [-0.05, 0) is 22.6 Å². The summed E-state index contributed by atoms with van der Waals surface area (Å²) >= 11 is 0. The minimum Gasteiger partial charge on any atom is -0.384 e. The van der Waals surface area contributed by atoms with E-state index < -0.39 is 6.10 Å². The molecule has 1 atom stereocenters. The van der Waals surface area contributed by atoms with Gasteiger partial charge in [-0.15, -0.1) is 6.42 Å². The zero-order valence-electron chi connectivity index (χ0n) is 12.2. The van der Waals surface area contributed by atoms with Crippen molar-refractivity contribution in [2.45, 2.75) is 32.3 Å². The molecule has 0 saturated carbocycles. The Kier molecular flexibility index (Phi) is 3.97. The van der Waals surface area contributed by atoms with Crippen LogP contribution < -0.4 is 0 Å². The van der Waals surface area contributed by atoms with Crippen LogP contribution in [0.15, 0.2) is 48.5 Å². The Morgan fingerprint density at radius 2 is 1.70 bits per heavy atom. The lowest BCUT2D eigenvalue weighted by atomic mass is 9.84. The van der Waals surface area contributed by atoms with Crippen molar-refractivity contribution < 1.29 is 5.11 Å². The molecule has 2 rings (SSSR count). The van der Waals surface area contributed by atoms with Crippen molar-refractivity contribution in [1.29, 1.82) is 0 Å². The van der Waals surface area contributed by atoms with Crippen LogP contribution in [0.3, 0.4) is 0 Å². The van der Waals surface area contributed by atoms with Crippen LogP contribution in [0.4, 0.5) is 0 Å². The fourth-order valence-electron chi connectivity index (χ4n) is 2.20. The summed E-state index contributed by atoms with van der Waals surface area (Å²) in [5, 5.41) is 10.5. The number of benzene rings is 2. The molecule has 0 saturated heterocycles. The molecule has 0 aliphatic carbocycles. The van der Waals surface area contributed by atoms with E-state index in [4.69, 9.17) is 6.42 Å². The first-order chi connectivity index (χ1) is 9.43. The van der Waals surface area contributed by atoms with E-state index in [1.165, 1.54) is 5.56 Å². The second-order valence-corrected chi connectivity index (χ2v) is 6.01. The molecule has 2 aromatic rings. The second-order valence-electron chi connectivity index (χ2n) is 6.01. The summed E-state index contributed by atoms with van der Waals surface area (Å²) in [4.78, 5) is 0. The van der Waals surface area contributed by atoms with Gasteiger partial charge in [0.15, 0.2) is 0 Å². The Labute approximate surface area is 121 Å². The minimum atomic E-state index is -0.684. The standard InChI is InChI=1S/C19H20O/c1-5-14-13-16(19(2,3)4)11-12-17(14)18(20)15-9-7-6-8-10-15/h1,6-13,18,20H,2-4H3. The first-order valence-electron chi connectivity index (χ1n) is 6.77. The lowest BCUT2D eigenvalue weighted by molar-refractivity contribution is 0.220. The van der Waals surface area contributed by atoms with E-state index in [9.17, 15) is 5.11 Å². The summed E-state index contributed by atoms with van der Waals surface area (Å²) in [5.74, 6) is 2.70. The molecule has 1 nitrogen and oxygen atoms in total. The summed E-state index contributed by atoms with van der Waals surface area (Å²) in [6, 6.07) is 15.6. The molecule has 0 aromatic heterocycles. The first-order valence-corrected chi connectivity index (χ1v) is 6.77. The van der Waals surface area contributed by atoms with Crippen molar-refractivity contribution in [1.82, 2.24) is 0 Å². The van der Waals surface area contributed by atoms with Gasteiger partial charge < -0.3 is 5.11 Å².